The van der Waals surface area contributed by atoms with Crippen molar-refractivity contribution in [2.24, 2.45) is 0 Å². The molecule has 1 rings (SSSR count). The zero-order valence-electron chi connectivity index (χ0n) is 9.57. The summed E-state index contributed by atoms with van der Waals surface area (Å²) in [5.74, 6) is 0. The summed E-state index contributed by atoms with van der Waals surface area (Å²) in [4.78, 5) is 10.8. The second-order valence-corrected chi connectivity index (χ2v) is 4.14. The molecule has 17 heavy (non-hydrogen) atoms. The van der Waals surface area contributed by atoms with Gasteiger partial charge in [0, 0.05) is 5.69 Å². The van der Waals surface area contributed by atoms with Crippen LogP contribution in [0.15, 0.2) is 12.1 Å². The SMILES string of the molecule is Cc1c(N[C@@H](C=O)[C@@H](C)O)ccc(C#N)c1Cl. The van der Waals surface area contributed by atoms with E-state index >= 15 is 0 Å². The van der Waals surface area contributed by atoms with E-state index in [0.29, 0.717) is 28.1 Å². The van der Waals surface area contributed by atoms with E-state index in [2.05, 4.69) is 5.32 Å². The van der Waals surface area contributed by atoms with Gasteiger partial charge in [0.05, 0.1) is 16.7 Å². The summed E-state index contributed by atoms with van der Waals surface area (Å²) in [7, 11) is 0. The Morgan fingerprint density at radius 3 is 2.71 bits per heavy atom. The standard InChI is InChI=1S/C12H13ClN2O2/c1-7-10(15-11(6-16)8(2)17)4-3-9(5-14)12(7)13/h3-4,6,8,11,15,17H,1-2H3/t8-,11+/m1/s1. The maximum atomic E-state index is 10.8. The first-order valence-corrected chi connectivity index (χ1v) is 5.48. The highest BCUT2D eigenvalue weighted by atomic mass is 35.5. The van der Waals surface area contributed by atoms with Crippen LogP contribution in [0.4, 0.5) is 5.69 Å². The molecule has 0 aliphatic heterocycles. The monoisotopic (exact) mass is 252 g/mol. The quantitative estimate of drug-likeness (QED) is 0.803. The van der Waals surface area contributed by atoms with Gasteiger partial charge in [0.2, 0.25) is 0 Å². The van der Waals surface area contributed by atoms with Crippen LogP contribution >= 0.6 is 11.6 Å². The van der Waals surface area contributed by atoms with Crippen LogP contribution in [0.25, 0.3) is 0 Å². The molecule has 0 aliphatic carbocycles. The van der Waals surface area contributed by atoms with Crippen LogP contribution in [0.5, 0.6) is 0 Å². The summed E-state index contributed by atoms with van der Waals surface area (Å²) in [6.45, 7) is 3.27. The van der Waals surface area contributed by atoms with Crippen molar-refractivity contribution >= 4 is 23.6 Å². The fourth-order valence-electron chi connectivity index (χ4n) is 1.38. The lowest BCUT2D eigenvalue weighted by Gasteiger charge is -2.19. The summed E-state index contributed by atoms with van der Waals surface area (Å²) in [5.41, 5.74) is 1.69. The molecule has 0 unspecified atom stereocenters. The van der Waals surface area contributed by atoms with Gasteiger partial charge in [-0.3, -0.25) is 0 Å². The Bertz CT molecular complexity index is 466. The number of anilines is 1. The van der Waals surface area contributed by atoms with Crippen molar-refractivity contribution in [3.63, 3.8) is 0 Å². The molecule has 0 saturated carbocycles. The van der Waals surface area contributed by atoms with Crippen LogP contribution < -0.4 is 5.32 Å². The van der Waals surface area contributed by atoms with Crippen LogP contribution in [-0.4, -0.2) is 23.5 Å². The van der Waals surface area contributed by atoms with Crippen molar-refractivity contribution in [3.05, 3.63) is 28.3 Å². The average Bonchev–Trinajstić information content (AvgIpc) is 2.30. The van der Waals surface area contributed by atoms with Crippen LogP contribution in [0, 0.1) is 18.3 Å². The Hall–Kier alpha value is -1.57. The molecule has 0 bridgehead atoms. The summed E-state index contributed by atoms with van der Waals surface area (Å²) in [6, 6.07) is 4.51. The Morgan fingerprint density at radius 1 is 1.59 bits per heavy atom. The van der Waals surface area contributed by atoms with Crippen LogP contribution in [0.1, 0.15) is 18.1 Å². The van der Waals surface area contributed by atoms with Gasteiger partial charge < -0.3 is 15.2 Å². The van der Waals surface area contributed by atoms with Gasteiger partial charge >= 0.3 is 0 Å². The second kappa shape index (κ2) is 5.67. The number of hydrogen-bond donors (Lipinski definition) is 2. The summed E-state index contributed by atoms with van der Waals surface area (Å²) in [6.07, 6.45) is -0.169. The number of carbonyl (C=O) groups is 1. The van der Waals surface area contributed by atoms with E-state index in [-0.39, 0.29) is 0 Å². The van der Waals surface area contributed by atoms with E-state index in [9.17, 15) is 9.90 Å². The van der Waals surface area contributed by atoms with Gasteiger partial charge in [-0.1, -0.05) is 11.6 Å². The Balaban J connectivity index is 3.05. The molecule has 0 spiro atoms. The number of nitriles is 1. The minimum absolute atomic E-state index is 0.354. The highest BCUT2D eigenvalue weighted by Gasteiger charge is 2.16. The topological polar surface area (TPSA) is 73.1 Å². The fraction of sp³-hybridized carbons (Fsp3) is 0.333. The maximum absolute atomic E-state index is 10.8. The van der Waals surface area contributed by atoms with Gasteiger partial charge in [0.1, 0.15) is 18.4 Å². The lowest BCUT2D eigenvalue weighted by Crippen LogP contribution is -2.33. The zero-order chi connectivity index (χ0) is 13.0. The Labute approximate surface area is 105 Å². The van der Waals surface area contributed by atoms with Gasteiger partial charge in [-0.25, -0.2) is 0 Å². The van der Waals surface area contributed by atoms with Gasteiger partial charge in [-0.15, -0.1) is 0 Å². The predicted octanol–water partition coefficient (Wildman–Crippen LogP) is 1.88. The molecule has 1 aromatic carbocycles. The van der Waals surface area contributed by atoms with Crippen molar-refractivity contribution in [1.29, 1.82) is 5.26 Å². The lowest BCUT2D eigenvalue weighted by atomic mass is 10.1. The summed E-state index contributed by atoms with van der Waals surface area (Å²) >= 11 is 5.99. The van der Waals surface area contributed by atoms with Crippen LogP contribution in [0.3, 0.4) is 0 Å². The molecule has 0 heterocycles. The van der Waals surface area contributed by atoms with E-state index in [0.717, 1.165) is 0 Å². The van der Waals surface area contributed by atoms with Crippen LogP contribution in [-0.2, 0) is 4.79 Å². The molecule has 0 aliphatic rings. The highest BCUT2D eigenvalue weighted by molar-refractivity contribution is 6.32. The highest BCUT2D eigenvalue weighted by Crippen LogP contribution is 2.27. The zero-order valence-corrected chi connectivity index (χ0v) is 10.3. The third-order valence-corrected chi connectivity index (χ3v) is 2.98. The number of aliphatic hydroxyl groups excluding tert-OH is 1. The second-order valence-electron chi connectivity index (χ2n) is 3.76. The molecular formula is C12H13ClN2O2. The number of carbonyl (C=O) groups excluding carboxylic acids is 1. The lowest BCUT2D eigenvalue weighted by molar-refractivity contribution is -0.110. The number of aldehydes is 1. The molecule has 0 radical (unpaired) electrons. The number of halogens is 1. The molecule has 0 saturated heterocycles. The minimum Gasteiger partial charge on any atom is -0.391 e. The maximum Gasteiger partial charge on any atom is 0.144 e. The Kier molecular flexibility index (Phi) is 4.50. The summed E-state index contributed by atoms with van der Waals surface area (Å²) in [5, 5.41) is 21.4. The average molecular weight is 253 g/mol. The number of benzene rings is 1. The van der Waals surface area contributed by atoms with Gasteiger partial charge in [-0.2, -0.15) is 5.26 Å². The number of aliphatic hydroxyl groups is 1. The van der Waals surface area contributed by atoms with Crippen molar-refractivity contribution in [1.82, 2.24) is 0 Å². The van der Waals surface area contributed by atoms with Crippen molar-refractivity contribution < 1.29 is 9.90 Å². The molecule has 90 valence electrons. The molecule has 0 amide bonds. The molecular weight excluding hydrogens is 240 g/mol. The summed E-state index contributed by atoms with van der Waals surface area (Å²) < 4.78 is 0. The minimum atomic E-state index is -0.804. The van der Waals surface area contributed by atoms with E-state index in [1.807, 2.05) is 6.07 Å². The molecule has 5 heteroatoms. The number of hydrogen-bond acceptors (Lipinski definition) is 4. The van der Waals surface area contributed by atoms with E-state index in [1.54, 1.807) is 19.1 Å². The van der Waals surface area contributed by atoms with Crippen molar-refractivity contribution in [2.45, 2.75) is 26.0 Å². The first-order chi connectivity index (χ1) is 8.01. The molecule has 2 N–H and O–H groups in total. The molecule has 2 atom stereocenters. The largest absolute Gasteiger partial charge is 0.391 e. The number of rotatable bonds is 4. The van der Waals surface area contributed by atoms with Gasteiger partial charge in [-0.05, 0) is 31.5 Å². The van der Waals surface area contributed by atoms with E-state index < -0.39 is 12.1 Å². The van der Waals surface area contributed by atoms with Crippen LogP contribution in [0.2, 0.25) is 5.02 Å². The predicted molar refractivity (Wildman–Crippen MR) is 66.1 cm³/mol. The van der Waals surface area contributed by atoms with E-state index in [1.165, 1.54) is 6.92 Å². The molecule has 0 fully saturated rings. The van der Waals surface area contributed by atoms with Gasteiger partial charge in [0.25, 0.3) is 0 Å². The first-order valence-electron chi connectivity index (χ1n) is 5.10. The third kappa shape index (κ3) is 2.96. The smallest absolute Gasteiger partial charge is 0.144 e. The molecule has 1 aromatic rings. The number of nitrogens with zero attached hydrogens (tertiary/aromatic N) is 1. The molecule has 0 aromatic heterocycles. The van der Waals surface area contributed by atoms with Crippen molar-refractivity contribution in [2.75, 3.05) is 5.32 Å². The normalized spacial score (nSPS) is 13.6. The number of nitrogens with one attached hydrogen (secondary N) is 1. The fourth-order valence-corrected chi connectivity index (χ4v) is 1.58. The van der Waals surface area contributed by atoms with E-state index in [4.69, 9.17) is 16.9 Å². The van der Waals surface area contributed by atoms with Gasteiger partial charge in [0.15, 0.2) is 0 Å². The third-order valence-electron chi connectivity index (χ3n) is 2.50. The first kappa shape index (κ1) is 13.5. The Morgan fingerprint density at radius 2 is 2.24 bits per heavy atom. The molecule has 4 nitrogen and oxygen atoms in total. The van der Waals surface area contributed by atoms with Crippen molar-refractivity contribution in [3.8, 4) is 6.07 Å².